The first-order valence-electron chi connectivity index (χ1n) is 5.01. The Morgan fingerprint density at radius 2 is 2.53 bits per heavy atom. The molecule has 1 saturated heterocycles. The van der Waals surface area contributed by atoms with Gasteiger partial charge in [0, 0.05) is 6.54 Å². The van der Waals surface area contributed by atoms with Crippen molar-refractivity contribution in [2.75, 3.05) is 13.1 Å². The third kappa shape index (κ3) is 1.68. The van der Waals surface area contributed by atoms with Crippen molar-refractivity contribution in [3.05, 3.63) is 23.4 Å². The lowest BCUT2D eigenvalue weighted by Crippen LogP contribution is -2.08. The van der Waals surface area contributed by atoms with E-state index in [1.165, 1.54) is 0 Å². The maximum atomic E-state index is 5.28. The second-order valence-corrected chi connectivity index (χ2v) is 4.57. The van der Waals surface area contributed by atoms with Crippen LogP contribution in [0, 0.1) is 0 Å². The molecule has 0 bridgehead atoms. The summed E-state index contributed by atoms with van der Waals surface area (Å²) in [5, 5.41) is 9.31. The van der Waals surface area contributed by atoms with Gasteiger partial charge in [-0.1, -0.05) is 11.2 Å². The van der Waals surface area contributed by atoms with Gasteiger partial charge in [-0.05, 0) is 24.4 Å². The molecule has 0 amide bonds. The zero-order valence-electron chi connectivity index (χ0n) is 8.14. The molecule has 3 rings (SSSR count). The highest BCUT2D eigenvalue weighted by Gasteiger charge is 2.23. The van der Waals surface area contributed by atoms with Crippen LogP contribution in [0.4, 0.5) is 0 Å². The van der Waals surface area contributed by atoms with Gasteiger partial charge >= 0.3 is 0 Å². The molecule has 1 atom stereocenters. The average Bonchev–Trinajstić information content (AvgIpc) is 3.02. The fraction of sp³-hybridized carbons (Fsp3) is 0.400. The molecule has 0 aliphatic carbocycles. The van der Waals surface area contributed by atoms with E-state index in [4.69, 9.17) is 4.52 Å². The van der Waals surface area contributed by atoms with Crippen molar-refractivity contribution in [1.82, 2.24) is 15.5 Å². The van der Waals surface area contributed by atoms with Crippen LogP contribution in [-0.4, -0.2) is 23.2 Å². The van der Waals surface area contributed by atoms with E-state index in [2.05, 4.69) is 15.5 Å². The van der Waals surface area contributed by atoms with Gasteiger partial charge < -0.3 is 9.84 Å². The van der Waals surface area contributed by atoms with Crippen LogP contribution in [0.5, 0.6) is 0 Å². The van der Waals surface area contributed by atoms with Gasteiger partial charge in [-0.2, -0.15) is 4.98 Å². The monoisotopic (exact) mass is 221 g/mol. The smallest absolute Gasteiger partial charge is 0.231 e. The van der Waals surface area contributed by atoms with Crippen LogP contribution in [0.3, 0.4) is 0 Å². The minimum atomic E-state index is 0.395. The maximum absolute atomic E-state index is 5.28. The molecule has 2 aromatic heterocycles. The number of nitrogens with zero attached hydrogens (tertiary/aromatic N) is 2. The zero-order valence-corrected chi connectivity index (χ0v) is 8.96. The summed E-state index contributed by atoms with van der Waals surface area (Å²) in [5.74, 6) is 1.88. The fourth-order valence-electron chi connectivity index (χ4n) is 1.77. The summed E-state index contributed by atoms with van der Waals surface area (Å²) in [7, 11) is 0. The highest BCUT2D eigenvalue weighted by Crippen LogP contribution is 2.25. The molecule has 0 saturated carbocycles. The van der Waals surface area contributed by atoms with Gasteiger partial charge in [0.25, 0.3) is 0 Å². The topological polar surface area (TPSA) is 51.0 Å². The van der Waals surface area contributed by atoms with Gasteiger partial charge in [-0.15, -0.1) is 11.3 Å². The van der Waals surface area contributed by atoms with Crippen LogP contribution in [0.2, 0.25) is 0 Å². The molecule has 1 aliphatic heterocycles. The third-order valence-corrected chi connectivity index (χ3v) is 3.46. The fourth-order valence-corrected chi connectivity index (χ4v) is 2.42. The predicted octanol–water partition coefficient (Wildman–Crippen LogP) is 1.87. The van der Waals surface area contributed by atoms with E-state index in [1.54, 1.807) is 11.3 Å². The molecule has 5 heteroatoms. The third-order valence-electron chi connectivity index (χ3n) is 2.59. The van der Waals surface area contributed by atoms with E-state index >= 15 is 0 Å². The van der Waals surface area contributed by atoms with Gasteiger partial charge in [0.05, 0.1) is 10.8 Å². The Hall–Kier alpha value is -1.20. The van der Waals surface area contributed by atoms with Crippen LogP contribution in [-0.2, 0) is 0 Å². The largest absolute Gasteiger partial charge is 0.339 e. The van der Waals surface area contributed by atoms with Crippen LogP contribution < -0.4 is 5.32 Å². The molecule has 0 aromatic carbocycles. The Bertz CT molecular complexity index is 431. The molecule has 2 aromatic rings. The molecule has 1 aliphatic rings. The van der Waals surface area contributed by atoms with Gasteiger partial charge in [-0.25, -0.2) is 0 Å². The van der Waals surface area contributed by atoms with Gasteiger partial charge in [0.15, 0.2) is 0 Å². The van der Waals surface area contributed by atoms with E-state index in [1.807, 2.05) is 17.5 Å². The molecule has 0 unspecified atom stereocenters. The summed E-state index contributed by atoms with van der Waals surface area (Å²) in [4.78, 5) is 5.49. The molecule has 15 heavy (non-hydrogen) atoms. The summed E-state index contributed by atoms with van der Waals surface area (Å²) >= 11 is 1.63. The van der Waals surface area contributed by atoms with Crippen molar-refractivity contribution in [3.8, 4) is 10.7 Å². The molecular weight excluding hydrogens is 210 g/mol. The van der Waals surface area contributed by atoms with Crippen LogP contribution in [0.25, 0.3) is 10.7 Å². The van der Waals surface area contributed by atoms with Crippen molar-refractivity contribution in [2.45, 2.75) is 12.3 Å². The number of aromatic nitrogens is 2. The number of rotatable bonds is 2. The second kappa shape index (κ2) is 3.75. The highest BCUT2D eigenvalue weighted by molar-refractivity contribution is 7.13. The first-order valence-corrected chi connectivity index (χ1v) is 5.89. The van der Waals surface area contributed by atoms with Crippen molar-refractivity contribution >= 4 is 11.3 Å². The van der Waals surface area contributed by atoms with Crippen molar-refractivity contribution in [2.24, 2.45) is 0 Å². The lowest BCUT2D eigenvalue weighted by atomic mass is 10.1. The normalized spacial score (nSPS) is 20.9. The van der Waals surface area contributed by atoms with Crippen molar-refractivity contribution in [3.63, 3.8) is 0 Å². The lowest BCUT2D eigenvalue weighted by Gasteiger charge is -1.98. The van der Waals surface area contributed by atoms with Crippen LogP contribution in [0.15, 0.2) is 22.0 Å². The van der Waals surface area contributed by atoms with Crippen LogP contribution in [0.1, 0.15) is 18.2 Å². The Kier molecular flexibility index (Phi) is 2.26. The predicted molar refractivity (Wildman–Crippen MR) is 57.8 cm³/mol. The molecule has 78 valence electrons. The van der Waals surface area contributed by atoms with E-state index in [9.17, 15) is 0 Å². The maximum Gasteiger partial charge on any atom is 0.231 e. The number of nitrogens with one attached hydrogen (secondary N) is 1. The standard InChI is InChI=1S/C10H11N3OS/c1-2-8(15-5-1)9-12-10(14-13-9)7-3-4-11-6-7/h1-2,5,7,11H,3-4,6H2/t7-/m0/s1. The summed E-state index contributed by atoms with van der Waals surface area (Å²) in [6, 6.07) is 4.00. The van der Waals surface area contributed by atoms with Gasteiger partial charge in [0.1, 0.15) is 0 Å². The number of hydrogen-bond donors (Lipinski definition) is 1. The van der Waals surface area contributed by atoms with Gasteiger partial charge in [0.2, 0.25) is 11.7 Å². The molecular formula is C10H11N3OS. The first-order chi connectivity index (χ1) is 7.43. The number of hydrogen-bond acceptors (Lipinski definition) is 5. The summed E-state index contributed by atoms with van der Waals surface area (Å²) in [5.41, 5.74) is 0. The zero-order chi connectivity index (χ0) is 10.1. The molecule has 1 fully saturated rings. The lowest BCUT2D eigenvalue weighted by molar-refractivity contribution is 0.359. The van der Waals surface area contributed by atoms with Crippen molar-refractivity contribution < 1.29 is 4.52 Å². The minimum absolute atomic E-state index is 0.395. The van der Waals surface area contributed by atoms with Gasteiger partial charge in [-0.3, -0.25) is 0 Å². The van der Waals surface area contributed by atoms with E-state index < -0.39 is 0 Å². The molecule has 1 N–H and O–H groups in total. The van der Waals surface area contributed by atoms with E-state index in [-0.39, 0.29) is 0 Å². The molecule has 4 nitrogen and oxygen atoms in total. The Morgan fingerprint density at radius 3 is 3.27 bits per heavy atom. The highest BCUT2D eigenvalue weighted by atomic mass is 32.1. The first kappa shape index (κ1) is 9.06. The molecule has 0 radical (unpaired) electrons. The summed E-state index contributed by atoms with van der Waals surface area (Å²) in [6.45, 7) is 1.99. The Labute approximate surface area is 91.3 Å². The van der Waals surface area contributed by atoms with E-state index in [0.717, 1.165) is 30.3 Å². The number of thiophene rings is 1. The summed E-state index contributed by atoms with van der Waals surface area (Å²) in [6.07, 6.45) is 1.09. The van der Waals surface area contributed by atoms with Crippen LogP contribution >= 0.6 is 11.3 Å². The minimum Gasteiger partial charge on any atom is -0.339 e. The Balaban J connectivity index is 1.87. The van der Waals surface area contributed by atoms with E-state index in [0.29, 0.717) is 11.7 Å². The SMILES string of the molecule is c1csc(-c2noc([C@H]3CCNC3)n2)c1. The Morgan fingerprint density at radius 1 is 1.53 bits per heavy atom. The summed E-state index contributed by atoms with van der Waals surface area (Å²) < 4.78 is 5.28. The second-order valence-electron chi connectivity index (χ2n) is 3.62. The average molecular weight is 221 g/mol. The quantitative estimate of drug-likeness (QED) is 0.841. The van der Waals surface area contributed by atoms with Crippen molar-refractivity contribution in [1.29, 1.82) is 0 Å². The molecule has 3 heterocycles. The molecule has 0 spiro atoms.